The summed E-state index contributed by atoms with van der Waals surface area (Å²) in [4.78, 5) is 25.4. The van der Waals surface area contributed by atoms with Crippen LogP contribution in [-0.4, -0.2) is 62.8 Å². The molecule has 2 amide bonds. The maximum Gasteiger partial charge on any atom is 0.256 e. The van der Waals surface area contributed by atoms with E-state index < -0.39 is 28.9 Å². The monoisotopic (exact) mass is 374 g/mol. The third-order valence-corrected chi connectivity index (χ3v) is 4.08. The van der Waals surface area contributed by atoms with Crippen LogP contribution < -0.4 is 5.32 Å². The van der Waals surface area contributed by atoms with E-state index >= 15 is 0 Å². The Labute approximate surface area is 149 Å². The highest BCUT2D eigenvalue weighted by atomic mass is 19.2. The second-order valence-electron chi connectivity index (χ2n) is 5.90. The molecule has 1 aromatic carbocycles. The molecule has 1 aromatic rings. The highest BCUT2D eigenvalue weighted by molar-refractivity contribution is 5.94. The maximum atomic E-state index is 13.7. The summed E-state index contributed by atoms with van der Waals surface area (Å²) < 4.78 is 49.9. The molecule has 1 aliphatic rings. The van der Waals surface area contributed by atoms with E-state index in [2.05, 4.69) is 5.32 Å². The van der Waals surface area contributed by atoms with Crippen LogP contribution in [0, 0.1) is 17.5 Å². The molecule has 1 fully saturated rings. The zero-order valence-electron chi connectivity index (χ0n) is 14.4. The molecule has 0 atom stereocenters. The number of rotatable bonds is 7. The molecule has 0 aromatic heterocycles. The number of methoxy groups -OCH3 is 1. The van der Waals surface area contributed by atoms with Crippen LogP contribution in [0.4, 0.5) is 13.2 Å². The van der Waals surface area contributed by atoms with E-state index in [4.69, 9.17) is 9.47 Å². The van der Waals surface area contributed by atoms with Crippen molar-refractivity contribution in [1.82, 2.24) is 10.2 Å². The first-order valence-corrected chi connectivity index (χ1v) is 8.22. The maximum absolute atomic E-state index is 13.7. The molecule has 26 heavy (non-hydrogen) atoms. The molecule has 144 valence electrons. The summed E-state index contributed by atoms with van der Waals surface area (Å²) in [6, 6.07) is 1.52. The van der Waals surface area contributed by atoms with Gasteiger partial charge in [0.25, 0.3) is 5.91 Å². The Bertz CT molecular complexity index is 649. The van der Waals surface area contributed by atoms with Crippen molar-refractivity contribution in [1.29, 1.82) is 0 Å². The molecule has 0 aliphatic carbocycles. The Morgan fingerprint density at radius 2 is 1.85 bits per heavy atom. The van der Waals surface area contributed by atoms with Gasteiger partial charge in [-0.2, -0.15) is 0 Å². The summed E-state index contributed by atoms with van der Waals surface area (Å²) in [5, 5.41) is 2.80. The summed E-state index contributed by atoms with van der Waals surface area (Å²) in [6.07, 6.45) is 0.946. The molecule has 6 nitrogen and oxygen atoms in total. The fourth-order valence-corrected chi connectivity index (χ4v) is 2.66. The fraction of sp³-hybridized carbons (Fsp3) is 0.529. The minimum atomic E-state index is -1.66. The number of hydrogen-bond donors (Lipinski definition) is 1. The molecule has 9 heteroatoms. The van der Waals surface area contributed by atoms with Crippen LogP contribution in [0.3, 0.4) is 0 Å². The Morgan fingerprint density at radius 3 is 2.50 bits per heavy atom. The quantitative estimate of drug-likeness (QED) is 0.580. The van der Waals surface area contributed by atoms with E-state index in [9.17, 15) is 22.8 Å². The first-order chi connectivity index (χ1) is 12.4. The third-order valence-electron chi connectivity index (χ3n) is 4.08. The Balaban J connectivity index is 1.82. The lowest BCUT2D eigenvalue weighted by Gasteiger charge is -2.32. The van der Waals surface area contributed by atoms with Crippen LogP contribution >= 0.6 is 0 Å². The average molecular weight is 374 g/mol. The fourth-order valence-electron chi connectivity index (χ4n) is 2.66. The minimum Gasteiger partial charge on any atom is -0.382 e. The number of amides is 2. The Kier molecular flexibility index (Phi) is 7.40. The van der Waals surface area contributed by atoms with Crippen LogP contribution in [0.15, 0.2) is 12.1 Å². The molecule has 2 rings (SSSR count). The number of piperidine rings is 1. The van der Waals surface area contributed by atoms with Gasteiger partial charge in [-0.3, -0.25) is 9.59 Å². The summed E-state index contributed by atoms with van der Waals surface area (Å²) in [5.74, 6) is -5.45. The molecular weight excluding hydrogens is 353 g/mol. The number of ether oxygens (including phenoxy) is 2. The predicted molar refractivity (Wildman–Crippen MR) is 86.1 cm³/mol. The molecule has 0 saturated carbocycles. The minimum absolute atomic E-state index is 0.0808. The van der Waals surface area contributed by atoms with Crippen LogP contribution in [0.25, 0.3) is 0 Å². The van der Waals surface area contributed by atoms with Crippen molar-refractivity contribution in [3.8, 4) is 0 Å². The van der Waals surface area contributed by atoms with Crippen LogP contribution in [0.2, 0.25) is 0 Å². The predicted octanol–water partition coefficient (Wildman–Crippen LogP) is 1.49. The van der Waals surface area contributed by atoms with Gasteiger partial charge in [-0.15, -0.1) is 0 Å². The summed E-state index contributed by atoms with van der Waals surface area (Å²) >= 11 is 0. The van der Waals surface area contributed by atoms with E-state index in [1.807, 2.05) is 0 Å². The molecule has 1 saturated heterocycles. The van der Waals surface area contributed by atoms with Gasteiger partial charge in [-0.1, -0.05) is 0 Å². The number of likely N-dealkylation sites (tertiary alicyclic amines) is 1. The van der Waals surface area contributed by atoms with E-state index in [1.165, 1.54) is 12.0 Å². The molecule has 0 unspecified atom stereocenters. The van der Waals surface area contributed by atoms with Crippen molar-refractivity contribution in [3.63, 3.8) is 0 Å². The van der Waals surface area contributed by atoms with Crippen molar-refractivity contribution in [2.45, 2.75) is 18.9 Å². The topological polar surface area (TPSA) is 67.9 Å². The second-order valence-corrected chi connectivity index (χ2v) is 5.90. The summed E-state index contributed by atoms with van der Waals surface area (Å²) in [7, 11) is 1.53. The first kappa shape index (κ1) is 20.2. The van der Waals surface area contributed by atoms with Crippen molar-refractivity contribution in [3.05, 3.63) is 35.1 Å². The lowest BCUT2D eigenvalue weighted by atomic mass is 10.0. The molecule has 1 aliphatic heterocycles. The van der Waals surface area contributed by atoms with Gasteiger partial charge >= 0.3 is 0 Å². The van der Waals surface area contributed by atoms with E-state index in [0.717, 1.165) is 12.1 Å². The number of benzene rings is 1. The van der Waals surface area contributed by atoms with Gasteiger partial charge in [-0.25, -0.2) is 13.2 Å². The molecule has 1 N–H and O–H groups in total. The van der Waals surface area contributed by atoms with Crippen LogP contribution in [0.1, 0.15) is 23.2 Å². The standard InChI is InChI=1S/C17H21F3N2O4/c1-25-8-9-26-10-14(23)21-11-4-6-22(7-5-11)17(24)12-2-3-13(18)16(20)15(12)19/h2-3,11H,4-10H2,1H3,(H,21,23). The van der Waals surface area contributed by atoms with Crippen LogP contribution in [0.5, 0.6) is 0 Å². The number of nitrogens with zero attached hydrogens (tertiary/aromatic N) is 1. The highest BCUT2D eigenvalue weighted by Crippen LogP contribution is 2.19. The Morgan fingerprint density at radius 1 is 1.15 bits per heavy atom. The highest BCUT2D eigenvalue weighted by Gasteiger charge is 2.27. The van der Waals surface area contributed by atoms with Crippen molar-refractivity contribution >= 4 is 11.8 Å². The van der Waals surface area contributed by atoms with Gasteiger partial charge in [0.15, 0.2) is 17.5 Å². The second kappa shape index (κ2) is 9.54. The molecule has 1 heterocycles. The third kappa shape index (κ3) is 5.18. The number of hydrogen-bond acceptors (Lipinski definition) is 4. The number of halogens is 3. The van der Waals surface area contributed by atoms with Crippen molar-refractivity contribution in [2.24, 2.45) is 0 Å². The molecule has 0 radical (unpaired) electrons. The van der Waals surface area contributed by atoms with Crippen molar-refractivity contribution < 1.29 is 32.2 Å². The molecule has 0 spiro atoms. The largest absolute Gasteiger partial charge is 0.382 e. The first-order valence-electron chi connectivity index (χ1n) is 8.22. The van der Waals surface area contributed by atoms with Gasteiger partial charge in [0.2, 0.25) is 5.91 Å². The number of carbonyl (C=O) groups excluding carboxylic acids is 2. The van der Waals surface area contributed by atoms with Gasteiger partial charge in [-0.05, 0) is 25.0 Å². The lowest BCUT2D eigenvalue weighted by molar-refractivity contribution is -0.127. The zero-order valence-corrected chi connectivity index (χ0v) is 14.4. The average Bonchev–Trinajstić information content (AvgIpc) is 2.63. The van der Waals surface area contributed by atoms with Gasteiger partial charge in [0.05, 0.1) is 18.8 Å². The SMILES string of the molecule is COCCOCC(=O)NC1CCN(C(=O)c2ccc(F)c(F)c2F)CC1. The Hall–Kier alpha value is -2.13. The van der Waals surface area contributed by atoms with Crippen molar-refractivity contribution in [2.75, 3.05) is 40.0 Å². The van der Waals surface area contributed by atoms with Gasteiger partial charge in [0, 0.05) is 26.2 Å². The van der Waals surface area contributed by atoms with Crippen LogP contribution in [-0.2, 0) is 14.3 Å². The molecule has 0 bridgehead atoms. The molecular formula is C17H21F3N2O4. The number of nitrogens with one attached hydrogen (secondary N) is 1. The van der Waals surface area contributed by atoms with E-state index in [-0.39, 0.29) is 31.6 Å². The summed E-state index contributed by atoms with van der Waals surface area (Å²) in [6.45, 7) is 1.17. The number of carbonyl (C=O) groups is 2. The van der Waals surface area contributed by atoms with E-state index in [0.29, 0.717) is 26.1 Å². The summed E-state index contributed by atoms with van der Waals surface area (Å²) in [5.41, 5.74) is -0.502. The normalized spacial score (nSPS) is 15.2. The van der Waals surface area contributed by atoms with E-state index in [1.54, 1.807) is 0 Å². The van der Waals surface area contributed by atoms with Gasteiger partial charge in [0.1, 0.15) is 6.61 Å². The zero-order chi connectivity index (χ0) is 19.1. The van der Waals surface area contributed by atoms with Gasteiger partial charge < -0.3 is 19.7 Å². The smallest absolute Gasteiger partial charge is 0.256 e. The lowest BCUT2D eigenvalue weighted by Crippen LogP contribution is -2.47.